The third-order valence-electron chi connectivity index (χ3n) is 9.07. The van der Waals surface area contributed by atoms with Crippen molar-refractivity contribution in [1.82, 2.24) is 10.2 Å². The van der Waals surface area contributed by atoms with Crippen LogP contribution in [-0.4, -0.2) is 47.7 Å². The molecule has 1 saturated carbocycles. The molecule has 4 rings (SSSR count). The first-order valence-electron chi connectivity index (χ1n) is 15.5. The van der Waals surface area contributed by atoms with Crippen molar-refractivity contribution in [1.29, 1.82) is 0 Å². The molecule has 1 fully saturated rings. The van der Waals surface area contributed by atoms with Gasteiger partial charge in [0.2, 0.25) is 0 Å². The Morgan fingerprint density at radius 1 is 1.05 bits per heavy atom. The first-order valence-corrected chi connectivity index (χ1v) is 16.3. The van der Waals surface area contributed by atoms with Gasteiger partial charge in [0.05, 0.1) is 19.1 Å². The molecule has 238 valence electrons. The molecule has 2 aromatic carbocycles. The Morgan fingerprint density at radius 2 is 1.64 bits per heavy atom. The van der Waals surface area contributed by atoms with Crippen molar-refractivity contribution in [2.24, 2.45) is 28.2 Å². The van der Waals surface area contributed by atoms with Gasteiger partial charge in [-0.25, -0.2) is 0 Å². The van der Waals surface area contributed by atoms with E-state index >= 15 is 0 Å². The molecule has 2 amide bonds. The van der Waals surface area contributed by atoms with Crippen LogP contribution in [-0.2, 0) is 14.3 Å². The zero-order valence-electron chi connectivity index (χ0n) is 26.9. The Balaban J connectivity index is 1.69. The average molecular weight is 643 g/mol. The fourth-order valence-corrected chi connectivity index (χ4v) is 7.07. The molecule has 9 heteroatoms. The van der Waals surface area contributed by atoms with E-state index in [1.807, 2.05) is 17.0 Å². The largest absolute Gasteiger partial charge is 0.469 e. The van der Waals surface area contributed by atoms with Crippen LogP contribution in [0.15, 0.2) is 47.5 Å². The summed E-state index contributed by atoms with van der Waals surface area (Å²) < 4.78 is 4.75. The SMILES string of the molecule is COC(=O)C(C)CNC(=O)c1ccc(C(CC(C)C)N2C(=O)C(c3cc(Cl)cc(Cl)c3)=NC23CCC(C(C)(C)C)CC3)cc1. The highest BCUT2D eigenvalue weighted by molar-refractivity contribution is 6.47. The second-order valence-corrected chi connectivity index (χ2v) is 14.7. The van der Waals surface area contributed by atoms with E-state index < -0.39 is 11.6 Å². The predicted octanol–water partition coefficient (Wildman–Crippen LogP) is 7.88. The van der Waals surface area contributed by atoms with Crippen molar-refractivity contribution in [3.63, 3.8) is 0 Å². The highest BCUT2D eigenvalue weighted by Gasteiger charge is 2.52. The number of esters is 1. The molecule has 2 unspecified atom stereocenters. The van der Waals surface area contributed by atoms with Gasteiger partial charge < -0.3 is 15.0 Å². The van der Waals surface area contributed by atoms with Gasteiger partial charge in [0.25, 0.3) is 11.8 Å². The first kappa shape index (κ1) is 34.0. The van der Waals surface area contributed by atoms with E-state index in [9.17, 15) is 14.4 Å². The van der Waals surface area contributed by atoms with Gasteiger partial charge in [-0.3, -0.25) is 19.4 Å². The van der Waals surface area contributed by atoms with Crippen LogP contribution >= 0.6 is 23.2 Å². The molecule has 0 aromatic heterocycles. The molecular formula is C35H45Cl2N3O4. The summed E-state index contributed by atoms with van der Waals surface area (Å²) in [6.07, 6.45) is 4.21. The number of aliphatic imine (C=N–C) groups is 1. The van der Waals surface area contributed by atoms with Crippen LogP contribution in [0.3, 0.4) is 0 Å². The predicted molar refractivity (Wildman–Crippen MR) is 176 cm³/mol. The van der Waals surface area contributed by atoms with E-state index in [1.54, 1.807) is 37.3 Å². The number of nitrogens with zero attached hydrogens (tertiary/aromatic N) is 2. The van der Waals surface area contributed by atoms with Crippen LogP contribution in [0.4, 0.5) is 0 Å². The summed E-state index contributed by atoms with van der Waals surface area (Å²) in [7, 11) is 1.33. The van der Waals surface area contributed by atoms with E-state index in [0.717, 1.165) is 37.7 Å². The third kappa shape index (κ3) is 7.48. The number of ether oxygens (including phenoxy) is 1. The molecule has 1 spiro atoms. The third-order valence-corrected chi connectivity index (χ3v) is 9.51. The molecule has 2 atom stereocenters. The van der Waals surface area contributed by atoms with Gasteiger partial charge in [-0.05, 0) is 85.3 Å². The van der Waals surface area contributed by atoms with Crippen molar-refractivity contribution in [2.75, 3.05) is 13.7 Å². The molecule has 1 heterocycles. The Labute approximate surface area is 271 Å². The highest BCUT2D eigenvalue weighted by atomic mass is 35.5. The van der Waals surface area contributed by atoms with E-state index in [-0.39, 0.29) is 35.8 Å². The number of benzene rings is 2. The fraction of sp³-hybridized carbons (Fsp3) is 0.543. The Hall–Kier alpha value is -2.90. The van der Waals surface area contributed by atoms with Crippen molar-refractivity contribution in [3.8, 4) is 0 Å². The van der Waals surface area contributed by atoms with Crippen molar-refractivity contribution >= 4 is 46.7 Å². The van der Waals surface area contributed by atoms with Gasteiger partial charge in [0, 0.05) is 27.7 Å². The minimum absolute atomic E-state index is 0.123. The van der Waals surface area contributed by atoms with Crippen LogP contribution in [0.2, 0.25) is 10.0 Å². The Kier molecular flexibility index (Phi) is 10.5. The van der Waals surface area contributed by atoms with Crippen LogP contribution < -0.4 is 5.32 Å². The second kappa shape index (κ2) is 13.6. The summed E-state index contributed by atoms with van der Waals surface area (Å²) in [6, 6.07) is 12.3. The zero-order chi connectivity index (χ0) is 32.4. The maximum Gasteiger partial charge on any atom is 0.310 e. The Morgan fingerprint density at radius 3 is 2.16 bits per heavy atom. The minimum atomic E-state index is -0.678. The maximum absolute atomic E-state index is 14.5. The molecule has 7 nitrogen and oxygen atoms in total. The lowest BCUT2D eigenvalue weighted by molar-refractivity contribution is -0.144. The van der Waals surface area contributed by atoms with Crippen LogP contribution in [0.1, 0.15) is 101 Å². The summed E-state index contributed by atoms with van der Waals surface area (Å²) in [4.78, 5) is 46.4. The molecular weight excluding hydrogens is 597 g/mol. The van der Waals surface area contributed by atoms with Gasteiger partial charge in [-0.15, -0.1) is 0 Å². The lowest BCUT2D eigenvalue weighted by atomic mass is 9.69. The number of halogens is 2. The number of hydrogen-bond acceptors (Lipinski definition) is 5. The van der Waals surface area contributed by atoms with Gasteiger partial charge in [-0.1, -0.05) is 76.9 Å². The lowest BCUT2D eigenvalue weighted by Gasteiger charge is -2.47. The molecule has 0 saturated heterocycles. The number of methoxy groups -OCH3 is 1. The van der Waals surface area contributed by atoms with E-state index in [0.29, 0.717) is 38.7 Å². The van der Waals surface area contributed by atoms with Crippen molar-refractivity contribution in [2.45, 2.75) is 85.4 Å². The molecule has 2 aliphatic rings. The smallest absolute Gasteiger partial charge is 0.310 e. The van der Waals surface area contributed by atoms with Gasteiger partial charge in [-0.2, -0.15) is 0 Å². The highest BCUT2D eigenvalue weighted by Crippen LogP contribution is 2.50. The van der Waals surface area contributed by atoms with Crippen LogP contribution in [0, 0.1) is 23.2 Å². The molecule has 44 heavy (non-hydrogen) atoms. The van der Waals surface area contributed by atoms with E-state index in [4.69, 9.17) is 32.9 Å². The van der Waals surface area contributed by atoms with Crippen molar-refractivity contribution in [3.05, 3.63) is 69.2 Å². The second-order valence-electron chi connectivity index (χ2n) is 13.8. The molecule has 2 aromatic rings. The number of carbonyl (C=O) groups is 3. The van der Waals surface area contributed by atoms with E-state index in [2.05, 4.69) is 39.9 Å². The van der Waals surface area contributed by atoms with Crippen LogP contribution in [0.5, 0.6) is 0 Å². The zero-order valence-corrected chi connectivity index (χ0v) is 28.4. The summed E-state index contributed by atoms with van der Waals surface area (Å²) in [5, 5.41) is 3.73. The van der Waals surface area contributed by atoms with Gasteiger partial charge >= 0.3 is 5.97 Å². The number of nitrogens with one attached hydrogen (secondary N) is 1. The van der Waals surface area contributed by atoms with Crippen molar-refractivity contribution < 1.29 is 19.1 Å². The quantitative estimate of drug-likeness (QED) is 0.282. The average Bonchev–Trinajstić information content (AvgIpc) is 3.24. The molecule has 0 radical (unpaired) electrons. The number of carbonyl (C=O) groups excluding carboxylic acids is 3. The summed E-state index contributed by atoms with van der Waals surface area (Å²) in [5.41, 5.74) is 1.95. The summed E-state index contributed by atoms with van der Waals surface area (Å²) >= 11 is 12.7. The van der Waals surface area contributed by atoms with Gasteiger partial charge in [0.1, 0.15) is 11.4 Å². The number of rotatable bonds is 9. The van der Waals surface area contributed by atoms with Crippen LogP contribution in [0.25, 0.3) is 0 Å². The van der Waals surface area contributed by atoms with Gasteiger partial charge in [0.15, 0.2) is 0 Å². The molecule has 1 aliphatic carbocycles. The lowest BCUT2D eigenvalue weighted by Crippen LogP contribution is -2.51. The molecule has 1 N–H and O–H groups in total. The Bertz CT molecular complexity index is 1390. The fourth-order valence-electron chi connectivity index (χ4n) is 6.55. The summed E-state index contributed by atoms with van der Waals surface area (Å²) in [6.45, 7) is 13.0. The maximum atomic E-state index is 14.5. The summed E-state index contributed by atoms with van der Waals surface area (Å²) in [5.74, 6) is -0.392. The monoisotopic (exact) mass is 641 g/mol. The molecule has 1 aliphatic heterocycles. The van der Waals surface area contributed by atoms with E-state index in [1.165, 1.54) is 7.11 Å². The topological polar surface area (TPSA) is 88.1 Å². The normalized spacial score (nSPS) is 21.8. The number of amides is 2. The molecule has 0 bridgehead atoms. The minimum Gasteiger partial charge on any atom is -0.469 e. The first-order chi connectivity index (χ1) is 20.6. The standard InChI is InChI=1S/C35H45Cl2N3O4/c1-21(2)16-29(23-8-10-24(11-9-23)31(41)38-20-22(3)33(43)44-7)40-32(42)30(25-17-27(36)19-28(37)18-25)39-35(40)14-12-26(13-15-35)34(4,5)6/h8-11,17-19,21-22,26,29H,12-16,20H2,1-7H3,(H,38,41). The number of hydrogen-bond donors (Lipinski definition) is 1.